The molecular weight excluding hydrogens is 388 g/mol. The first kappa shape index (κ1) is 21.2. The smallest absolute Gasteiger partial charge is 0.321 e. The molecule has 3 amide bonds. The lowest BCUT2D eigenvalue weighted by molar-refractivity contribution is -0.117. The Hall–Kier alpha value is -2.06. The lowest BCUT2D eigenvalue weighted by Crippen LogP contribution is -2.40. The monoisotopic (exact) mass is 410 g/mol. The summed E-state index contributed by atoms with van der Waals surface area (Å²) in [7, 11) is 0. The number of amides is 3. The minimum atomic E-state index is -0.540. The average molecular weight is 411 g/mol. The van der Waals surface area contributed by atoms with Gasteiger partial charge in [0.2, 0.25) is 5.91 Å². The molecule has 146 valence electrons. The number of nitrogens with zero attached hydrogens (tertiary/aromatic N) is 2. The van der Waals surface area contributed by atoms with Gasteiger partial charge in [0.25, 0.3) is 5.56 Å². The van der Waals surface area contributed by atoms with Crippen LogP contribution in [-0.2, 0) is 11.3 Å². The molecule has 1 aromatic carbocycles. The van der Waals surface area contributed by atoms with Crippen LogP contribution < -0.4 is 16.2 Å². The van der Waals surface area contributed by atoms with Gasteiger partial charge in [-0.1, -0.05) is 43.1 Å². The van der Waals surface area contributed by atoms with Crippen molar-refractivity contribution in [2.24, 2.45) is 0 Å². The summed E-state index contributed by atoms with van der Waals surface area (Å²) in [5, 5.41) is 6.16. The largest absolute Gasteiger partial charge is 0.338 e. The maximum absolute atomic E-state index is 12.9. The summed E-state index contributed by atoms with van der Waals surface area (Å²) in [5.74, 6) is -0.477. The molecule has 0 atom stereocenters. The van der Waals surface area contributed by atoms with Crippen molar-refractivity contribution in [2.75, 3.05) is 12.3 Å². The van der Waals surface area contributed by atoms with E-state index in [0.717, 1.165) is 31.0 Å². The molecule has 0 aliphatic heterocycles. The number of aromatic nitrogens is 2. The number of hydrogen-bond donors (Lipinski definition) is 2. The standard InChI is InChI=1S/C18H23ClN4O3S/c1-3-5-6-9-23-16(25)13-8-7-12(19)10-14(13)21-18(23)27-11-15(24)22-17(26)20-4-2/h7-8,10H,3-6,9,11H2,1-2H3,(H2,20,22,24,26). The average Bonchev–Trinajstić information content (AvgIpc) is 2.62. The van der Waals surface area contributed by atoms with Crippen LogP contribution >= 0.6 is 23.4 Å². The van der Waals surface area contributed by atoms with Crippen molar-refractivity contribution in [3.8, 4) is 0 Å². The third-order valence-corrected chi connectivity index (χ3v) is 5.00. The molecule has 2 N–H and O–H groups in total. The van der Waals surface area contributed by atoms with Crippen molar-refractivity contribution in [3.05, 3.63) is 33.6 Å². The van der Waals surface area contributed by atoms with E-state index in [2.05, 4.69) is 22.5 Å². The zero-order valence-electron chi connectivity index (χ0n) is 15.4. The van der Waals surface area contributed by atoms with Crippen LogP contribution in [0.2, 0.25) is 5.02 Å². The molecule has 0 unspecified atom stereocenters. The van der Waals surface area contributed by atoms with E-state index < -0.39 is 11.9 Å². The van der Waals surface area contributed by atoms with Gasteiger partial charge in [-0.3, -0.25) is 19.5 Å². The van der Waals surface area contributed by atoms with Crippen LogP contribution in [0.3, 0.4) is 0 Å². The highest BCUT2D eigenvalue weighted by Gasteiger charge is 2.14. The summed E-state index contributed by atoms with van der Waals surface area (Å²) in [6, 6.07) is 4.42. The van der Waals surface area contributed by atoms with Crippen molar-refractivity contribution in [2.45, 2.75) is 44.8 Å². The van der Waals surface area contributed by atoms with Gasteiger partial charge < -0.3 is 5.32 Å². The number of fused-ring (bicyclic) bond motifs is 1. The quantitative estimate of drug-likeness (QED) is 0.396. The van der Waals surface area contributed by atoms with Gasteiger partial charge in [0.1, 0.15) is 0 Å². The second-order valence-corrected chi connectivity index (χ2v) is 7.29. The van der Waals surface area contributed by atoms with Gasteiger partial charge in [0, 0.05) is 18.1 Å². The molecule has 0 radical (unpaired) electrons. The molecule has 9 heteroatoms. The Morgan fingerprint density at radius 1 is 1.26 bits per heavy atom. The Kier molecular flexibility index (Phi) is 8.12. The number of nitrogens with one attached hydrogen (secondary N) is 2. The van der Waals surface area contributed by atoms with Crippen LogP contribution in [0.5, 0.6) is 0 Å². The molecule has 0 bridgehead atoms. The summed E-state index contributed by atoms with van der Waals surface area (Å²) in [4.78, 5) is 40.8. The van der Waals surface area contributed by atoms with E-state index in [1.807, 2.05) is 0 Å². The Balaban J connectivity index is 2.26. The fourth-order valence-corrected chi connectivity index (χ4v) is 3.49. The fraction of sp³-hybridized carbons (Fsp3) is 0.444. The van der Waals surface area contributed by atoms with Crippen molar-refractivity contribution in [1.29, 1.82) is 0 Å². The van der Waals surface area contributed by atoms with Crippen molar-refractivity contribution in [3.63, 3.8) is 0 Å². The molecule has 0 aliphatic carbocycles. The van der Waals surface area contributed by atoms with Crippen LogP contribution in [0.4, 0.5) is 4.79 Å². The van der Waals surface area contributed by atoms with Gasteiger partial charge in [0.05, 0.1) is 16.7 Å². The SMILES string of the molecule is CCCCCn1c(SCC(=O)NC(=O)NCC)nc2cc(Cl)ccc2c1=O. The summed E-state index contributed by atoms with van der Waals surface area (Å²) in [5.41, 5.74) is 0.338. The minimum absolute atomic E-state index is 0.0244. The molecule has 0 aliphatic rings. The first-order valence-electron chi connectivity index (χ1n) is 8.86. The maximum Gasteiger partial charge on any atom is 0.321 e. The first-order chi connectivity index (χ1) is 13.0. The predicted octanol–water partition coefficient (Wildman–Crippen LogP) is 3.18. The van der Waals surface area contributed by atoms with Crippen LogP contribution in [0.25, 0.3) is 10.9 Å². The number of hydrogen-bond acceptors (Lipinski definition) is 5. The molecule has 27 heavy (non-hydrogen) atoms. The topological polar surface area (TPSA) is 93.1 Å². The van der Waals surface area contributed by atoms with Crippen LogP contribution in [0.1, 0.15) is 33.1 Å². The van der Waals surface area contributed by atoms with Gasteiger partial charge in [0.15, 0.2) is 5.16 Å². The maximum atomic E-state index is 12.9. The van der Waals surface area contributed by atoms with Gasteiger partial charge in [-0.25, -0.2) is 9.78 Å². The van der Waals surface area contributed by atoms with E-state index in [1.165, 1.54) is 0 Å². The molecule has 7 nitrogen and oxygen atoms in total. The second-order valence-electron chi connectivity index (χ2n) is 5.92. The highest BCUT2D eigenvalue weighted by Crippen LogP contribution is 2.21. The zero-order valence-corrected chi connectivity index (χ0v) is 17.0. The highest BCUT2D eigenvalue weighted by molar-refractivity contribution is 7.99. The summed E-state index contributed by atoms with van der Waals surface area (Å²) in [6.45, 7) is 4.80. The van der Waals surface area contributed by atoms with Crippen LogP contribution in [0, 0.1) is 0 Å². The number of rotatable bonds is 8. The summed E-state index contributed by atoms with van der Waals surface area (Å²) in [6.07, 6.45) is 2.87. The Labute approximate surface area is 166 Å². The molecule has 2 aromatic rings. The number of benzene rings is 1. The number of carbonyl (C=O) groups is 2. The first-order valence-corrected chi connectivity index (χ1v) is 10.2. The number of unbranched alkanes of at least 4 members (excludes halogenated alkanes) is 2. The number of imide groups is 1. The van der Waals surface area contributed by atoms with E-state index in [9.17, 15) is 14.4 Å². The number of urea groups is 1. The van der Waals surface area contributed by atoms with Gasteiger partial charge in [-0.2, -0.15) is 0 Å². The van der Waals surface area contributed by atoms with Crippen LogP contribution in [-0.4, -0.2) is 33.8 Å². The van der Waals surface area contributed by atoms with E-state index in [1.54, 1.807) is 29.7 Å². The molecular formula is C18H23ClN4O3S. The van der Waals surface area contributed by atoms with Gasteiger partial charge in [-0.05, 0) is 31.5 Å². The Morgan fingerprint density at radius 3 is 2.74 bits per heavy atom. The zero-order chi connectivity index (χ0) is 19.8. The van der Waals surface area contributed by atoms with Crippen LogP contribution in [0.15, 0.2) is 28.2 Å². The molecule has 0 saturated heterocycles. The number of thioether (sulfide) groups is 1. The minimum Gasteiger partial charge on any atom is -0.338 e. The predicted molar refractivity (Wildman–Crippen MR) is 108 cm³/mol. The Bertz CT molecular complexity index is 885. The normalized spacial score (nSPS) is 10.8. The molecule has 0 saturated carbocycles. The summed E-state index contributed by atoms with van der Waals surface area (Å²) < 4.78 is 1.59. The molecule has 1 aromatic heterocycles. The van der Waals surface area contributed by atoms with Gasteiger partial charge in [-0.15, -0.1) is 0 Å². The Morgan fingerprint density at radius 2 is 2.04 bits per heavy atom. The van der Waals surface area contributed by atoms with Gasteiger partial charge >= 0.3 is 6.03 Å². The van der Waals surface area contributed by atoms with Crippen molar-refractivity contribution >= 4 is 46.2 Å². The van der Waals surface area contributed by atoms with Crippen molar-refractivity contribution in [1.82, 2.24) is 20.2 Å². The van der Waals surface area contributed by atoms with E-state index in [-0.39, 0.29) is 11.3 Å². The van der Waals surface area contributed by atoms with E-state index in [4.69, 9.17) is 11.6 Å². The molecule has 0 fully saturated rings. The van der Waals surface area contributed by atoms with E-state index >= 15 is 0 Å². The third kappa shape index (κ3) is 5.97. The number of carbonyl (C=O) groups excluding carboxylic acids is 2. The highest BCUT2D eigenvalue weighted by atomic mass is 35.5. The second kappa shape index (κ2) is 10.3. The summed E-state index contributed by atoms with van der Waals surface area (Å²) >= 11 is 7.14. The third-order valence-electron chi connectivity index (χ3n) is 3.79. The molecule has 1 heterocycles. The fourth-order valence-electron chi connectivity index (χ4n) is 2.50. The lowest BCUT2D eigenvalue weighted by atomic mass is 10.2. The molecule has 2 rings (SSSR count). The van der Waals surface area contributed by atoms with E-state index in [0.29, 0.717) is 34.2 Å². The number of halogens is 1. The lowest BCUT2D eigenvalue weighted by Gasteiger charge is -2.13. The van der Waals surface area contributed by atoms with Crippen molar-refractivity contribution < 1.29 is 9.59 Å². The molecule has 0 spiro atoms.